The third-order valence-electron chi connectivity index (χ3n) is 5.43. The fraction of sp³-hybridized carbons (Fsp3) is 0.571. The molecule has 2 atom stereocenters. The van der Waals surface area contributed by atoms with E-state index >= 15 is 0 Å². The number of alkyl halides is 3. The van der Waals surface area contributed by atoms with E-state index in [2.05, 4.69) is 0 Å². The summed E-state index contributed by atoms with van der Waals surface area (Å²) < 4.78 is 45.8. The van der Waals surface area contributed by atoms with Crippen LogP contribution >= 0.6 is 0 Å². The molecule has 1 aromatic rings. The summed E-state index contributed by atoms with van der Waals surface area (Å²) in [6.07, 6.45) is -3.14. The Morgan fingerprint density at radius 3 is 2.21 bits per heavy atom. The minimum absolute atomic E-state index is 0.145. The van der Waals surface area contributed by atoms with Gasteiger partial charge < -0.3 is 9.64 Å². The molecule has 29 heavy (non-hydrogen) atoms. The van der Waals surface area contributed by atoms with Gasteiger partial charge in [-0.3, -0.25) is 4.79 Å². The number of fused-ring (bicyclic) bond motifs is 2. The maximum absolute atomic E-state index is 13.5. The Hall–Kier alpha value is -2.56. The normalized spacial score (nSPS) is 24.2. The number of ketones is 1. The van der Waals surface area contributed by atoms with Gasteiger partial charge in [0.05, 0.1) is 17.2 Å². The van der Waals surface area contributed by atoms with Gasteiger partial charge in [-0.2, -0.15) is 18.4 Å². The average Bonchev–Trinajstić information content (AvgIpc) is 2.88. The van der Waals surface area contributed by atoms with Crippen molar-refractivity contribution in [1.29, 1.82) is 5.26 Å². The molecule has 0 aliphatic carbocycles. The lowest BCUT2D eigenvalue weighted by atomic mass is 9.83. The molecule has 0 saturated carbocycles. The molecule has 2 aliphatic rings. The van der Waals surface area contributed by atoms with Crippen LogP contribution in [0.1, 0.15) is 67.9 Å². The number of nitriles is 1. The first-order valence-corrected chi connectivity index (χ1v) is 9.57. The van der Waals surface area contributed by atoms with Crippen LogP contribution in [-0.4, -0.2) is 34.5 Å². The highest BCUT2D eigenvalue weighted by Gasteiger charge is 2.47. The van der Waals surface area contributed by atoms with Crippen LogP contribution in [0.4, 0.5) is 18.0 Å². The summed E-state index contributed by atoms with van der Waals surface area (Å²) in [6.45, 7) is 5.31. The zero-order chi connectivity index (χ0) is 21.6. The lowest BCUT2D eigenvalue weighted by Crippen LogP contribution is -2.49. The number of nitrogens with zero attached hydrogens (tertiary/aromatic N) is 2. The van der Waals surface area contributed by atoms with Crippen molar-refractivity contribution in [2.75, 3.05) is 0 Å². The van der Waals surface area contributed by atoms with Crippen LogP contribution in [0, 0.1) is 17.2 Å². The largest absolute Gasteiger partial charge is 0.444 e. The Kier molecular flexibility index (Phi) is 5.37. The van der Waals surface area contributed by atoms with E-state index < -0.39 is 40.7 Å². The van der Waals surface area contributed by atoms with Gasteiger partial charge in [0, 0.05) is 23.6 Å². The molecule has 0 radical (unpaired) electrons. The topological polar surface area (TPSA) is 70.4 Å². The molecule has 0 spiro atoms. The summed E-state index contributed by atoms with van der Waals surface area (Å²) >= 11 is 0. The number of Topliss-reactive ketones (excluding diaryl/α,β-unsaturated/α-hetero) is 1. The Morgan fingerprint density at radius 1 is 1.14 bits per heavy atom. The Bertz CT molecular complexity index is 853. The van der Waals surface area contributed by atoms with Gasteiger partial charge in [0.15, 0.2) is 5.78 Å². The van der Waals surface area contributed by atoms with E-state index in [-0.39, 0.29) is 17.6 Å². The molecule has 2 saturated heterocycles. The standard InChI is InChI=1S/C21H23F3N2O3/c1-20(2,3)29-19(28)26-14-5-6-15(26)10-13(9-14)18(27)16-7-4-12(11-25)8-17(16)21(22,23)24/h4,7-8,13-15H,5-6,9-10H2,1-3H3. The molecule has 5 nitrogen and oxygen atoms in total. The van der Waals surface area contributed by atoms with Crippen molar-refractivity contribution in [3.8, 4) is 6.07 Å². The summed E-state index contributed by atoms with van der Waals surface area (Å²) in [5, 5.41) is 8.89. The summed E-state index contributed by atoms with van der Waals surface area (Å²) in [4.78, 5) is 27.1. The van der Waals surface area contributed by atoms with Gasteiger partial charge in [0.2, 0.25) is 0 Å². The zero-order valence-electron chi connectivity index (χ0n) is 16.5. The lowest BCUT2D eigenvalue weighted by molar-refractivity contribution is -0.138. The molecular formula is C21H23F3N2O3. The van der Waals surface area contributed by atoms with Crippen LogP contribution in [0.25, 0.3) is 0 Å². The van der Waals surface area contributed by atoms with Crippen LogP contribution in [0.2, 0.25) is 0 Å². The number of rotatable bonds is 2. The van der Waals surface area contributed by atoms with Crippen molar-refractivity contribution in [1.82, 2.24) is 4.90 Å². The maximum Gasteiger partial charge on any atom is 0.417 e. The number of piperidine rings is 1. The van der Waals surface area contributed by atoms with Gasteiger partial charge in [-0.15, -0.1) is 0 Å². The molecule has 0 N–H and O–H groups in total. The zero-order valence-corrected chi connectivity index (χ0v) is 16.5. The van der Waals surface area contributed by atoms with Crippen LogP contribution < -0.4 is 0 Å². The third kappa shape index (κ3) is 4.39. The molecule has 0 aromatic heterocycles. The minimum Gasteiger partial charge on any atom is -0.444 e. The monoisotopic (exact) mass is 408 g/mol. The number of ether oxygens (including phenoxy) is 1. The van der Waals surface area contributed by atoms with Crippen molar-refractivity contribution in [3.63, 3.8) is 0 Å². The lowest BCUT2D eigenvalue weighted by Gasteiger charge is -2.39. The van der Waals surface area contributed by atoms with Gasteiger partial charge in [-0.05, 0) is 64.7 Å². The van der Waals surface area contributed by atoms with E-state index in [0.717, 1.165) is 12.1 Å². The van der Waals surface area contributed by atoms with Gasteiger partial charge in [-0.25, -0.2) is 4.79 Å². The van der Waals surface area contributed by atoms with Gasteiger partial charge in [0.25, 0.3) is 0 Å². The fourth-order valence-corrected chi connectivity index (χ4v) is 4.29. The van der Waals surface area contributed by atoms with Crippen LogP contribution in [0.5, 0.6) is 0 Å². The second-order valence-electron chi connectivity index (χ2n) is 8.68. The number of hydrogen-bond donors (Lipinski definition) is 0. The summed E-state index contributed by atoms with van der Waals surface area (Å²) in [5.74, 6) is -1.18. The van der Waals surface area contributed by atoms with E-state index in [0.29, 0.717) is 25.7 Å². The fourth-order valence-electron chi connectivity index (χ4n) is 4.29. The Balaban J connectivity index is 1.82. The van der Waals surface area contributed by atoms with Crippen LogP contribution in [0.3, 0.4) is 0 Å². The average molecular weight is 408 g/mol. The summed E-state index contributed by atoms with van der Waals surface area (Å²) in [5.41, 5.74) is -2.28. The highest BCUT2D eigenvalue weighted by molar-refractivity contribution is 5.99. The van der Waals surface area contributed by atoms with E-state index in [1.54, 1.807) is 31.7 Å². The van der Waals surface area contributed by atoms with E-state index in [9.17, 15) is 22.8 Å². The third-order valence-corrected chi connectivity index (χ3v) is 5.43. The van der Waals surface area contributed by atoms with Crippen molar-refractivity contribution < 1.29 is 27.5 Å². The molecule has 156 valence electrons. The smallest absolute Gasteiger partial charge is 0.417 e. The first-order chi connectivity index (χ1) is 13.4. The second kappa shape index (κ2) is 7.36. The van der Waals surface area contributed by atoms with E-state index in [4.69, 9.17) is 10.00 Å². The molecule has 1 amide bonds. The van der Waals surface area contributed by atoms with Crippen LogP contribution in [0.15, 0.2) is 18.2 Å². The highest BCUT2D eigenvalue weighted by Crippen LogP contribution is 2.42. The molecule has 2 unspecified atom stereocenters. The Labute approximate surface area is 167 Å². The molecule has 8 heteroatoms. The number of carbonyl (C=O) groups excluding carboxylic acids is 2. The van der Waals surface area contributed by atoms with Crippen LogP contribution in [-0.2, 0) is 10.9 Å². The summed E-state index contributed by atoms with van der Waals surface area (Å²) in [6, 6.07) is 4.28. The predicted octanol–water partition coefficient (Wildman–Crippen LogP) is 4.94. The molecule has 3 rings (SSSR count). The minimum atomic E-state index is -4.73. The number of benzene rings is 1. The molecule has 1 aromatic carbocycles. The number of carbonyl (C=O) groups is 2. The van der Waals surface area contributed by atoms with Crippen molar-refractivity contribution >= 4 is 11.9 Å². The Morgan fingerprint density at radius 2 is 1.72 bits per heavy atom. The quantitative estimate of drug-likeness (QED) is 0.650. The van der Waals surface area contributed by atoms with Gasteiger partial charge in [-0.1, -0.05) is 0 Å². The SMILES string of the molecule is CC(C)(C)OC(=O)N1C2CCC1CC(C(=O)c1ccc(C#N)cc1C(F)(F)F)C2. The van der Waals surface area contributed by atoms with E-state index in [1.165, 1.54) is 6.07 Å². The molecule has 2 fully saturated rings. The summed E-state index contributed by atoms with van der Waals surface area (Å²) in [7, 11) is 0. The van der Waals surface area contributed by atoms with E-state index in [1.807, 2.05) is 0 Å². The van der Waals surface area contributed by atoms with Gasteiger partial charge >= 0.3 is 12.3 Å². The van der Waals surface area contributed by atoms with Gasteiger partial charge in [0.1, 0.15) is 5.60 Å². The first kappa shape index (κ1) is 21.2. The van der Waals surface area contributed by atoms with Crippen molar-refractivity contribution in [2.24, 2.45) is 5.92 Å². The molecule has 2 heterocycles. The number of halogens is 3. The van der Waals surface area contributed by atoms with Crippen molar-refractivity contribution in [3.05, 3.63) is 34.9 Å². The first-order valence-electron chi connectivity index (χ1n) is 9.57. The highest BCUT2D eigenvalue weighted by atomic mass is 19.4. The molecule has 2 bridgehead atoms. The second-order valence-corrected chi connectivity index (χ2v) is 8.68. The maximum atomic E-state index is 13.5. The van der Waals surface area contributed by atoms with Crippen molar-refractivity contribution in [2.45, 2.75) is 70.3 Å². The number of amides is 1. The molecular weight excluding hydrogens is 385 g/mol. The molecule has 2 aliphatic heterocycles. The number of hydrogen-bond acceptors (Lipinski definition) is 4. The predicted molar refractivity (Wildman–Crippen MR) is 98.1 cm³/mol.